The fourth-order valence-electron chi connectivity index (χ4n) is 2.63. The third-order valence-corrected chi connectivity index (χ3v) is 5.52. The van der Waals surface area contributed by atoms with Crippen LogP contribution < -0.4 is 15.5 Å². The molecule has 6 nitrogen and oxygen atoms in total. The molecule has 0 bridgehead atoms. The Hall–Kier alpha value is -3.13. The van der Waals surface area contributed by atoms with Crippen molar-refractivity contribution in [2.24, 2.45) is 5.10 Å². The number of hydrogen-bond acceptors (Lipinski definition) is 4. The molecule has 0 aliphatic carbocycles. The van der Waals surface area contributed by atoms with Crippen molar-refractivity contribution in [2.75, 3.05) is 5.32 Å². The molecule has 0 aliphatic rings. The lowest BCUT2D eigenvalue weighted by Crippen LogP contribution is -2.32. The summed E-state index contributed by atoms with van der Waals surface area (Å²) in [5.41, 5.74) is 3.91. The van der Waals surface area contributed by atoms with Crippen molar-refractivity contribution in [3.8, 4) is 5.75 Å². The first-order chi connectivity index (χ1) is 15.7. The summed E-state index contributed by atoms with van der Waals surface area (Å²) in [7, 11) is 0. The molecule has 0 radical (unpaired) electrons. The van der Waals surface area contributed by atoms with E-state index >= 15 is 0 Å². The predicted octanol–water partition coefficient (Wildman–Crippen LogP) is 5.84. The highest BCUT2D eigenvalue weighted by molar-refractivity contribution is 6.43. The maximum atomic E-state index is 13.8. The minimum Gasteiger partial charge on any atom is -0.489 e. The van der Waals surface area contributed by atoms with Gasteiger partial charge in [-0.25, -0.2) is 9.82 Å². The second-order valence-electron chi connectivity index (χ2n) is 6.73. The van der Waals surface area contributed by atoms with E-state index in [-0.39, 0.29) is 22.2 Å². The van der Waals surface area contributed by atoms with Crippen LogP contribution in [0.2, 0.25) is 15.1 Å². The maximum absolute atomic E-state index is 13.8. The van der Waals surface area contributed by atoms with Gasteiger partial charge in [-0.1, -0.05) is 40.9 Å². The zero-order valence-corrected chi connectivity index (χ0v) is 19.4. The smallest absolute Gasteiger partial charge is 0.329 e. The zero-order valence-electron chi connectivity index (χ0n) is 17.2. The third-order valence-electron chi connectivity index (χ3n) is 4.43. The first kappa shape index (κ1) is 24.5. The van der Waals surface area contributed by atoms with Crippen LogP contribution in [0.1, 0.15) is 18.1 Å². The highest BCUT2D eigenvalue weighted by Crippen LogP contribution is 2.25. The number of benzene rings is 3. The number of amides is 2. The van der Waals surface area contributed by atoms with Gasteiger partial charge in [0.1, 0.15) is 18.2 Å². The summed E-state index contributed by atoms with van der Waals surface area (Å²) >= 11 is 17.7. The van der Waals surface area contributed by atoms with Gasteiger partial charge in [0.2, 0.25) is 0 Å². The Kier molecular flexibility index (Phi) is 8.27. The lowest BCUT2D eigenvalue weighted by atomic mass is 10.1. The van der Waals surface area contributed by atoms with Gasteiger partial charge in [0.05, 0.1) is 20.8 Å². The van der Waals surface area contributed by atoms with Crippen LogP contribution in [0.15, 0.2) is 65.8 Å². The van der Waals surface area contributed by atoms with Crippen molar-refractivity contribution < 1.29 is 18.7 Å². The number of carbonyl (C=O) groups excluding carboxylic acids is 2. The van der Waals surface area contributed by atoms with Crippen molar-refractivity contribution in [2.45, 2.75) is 13.5 Å². The van der Waals surface area contributed by atoms with Crippen LogP contribution in [-0.2, 0) is 16.2 Å². The summed E-state index contributed by atoms with van der Waals surface area (Å²) in [6.45, 7) is 1.63. The molecular formula is C23H17Cl3FN3O3. The average molecular weight is 509 g/mol. The molecule has 2 amide bonds. The lowest BCUT2D eigenvalue weighted by Gasteiger charge is -2.09. The Labute approximate surface area is 204 Å². The van der Waals surface area contributed by atoms with E-state index in [1.807, 2.05) is 0 Å². The molecule has 0 saturated carbocycles. The fraction of sp³-hybridized carbons (Fsp3) is 0.0870. The molecule has 3 aromatic carbocycles. The van der Waals surface area contributed by atoms with E-state index in [9.17, 15) is 14.0 Å². The van der Waals surface area contributed by atoms with Crippen molar-refractivity contribution >= 4 is 58.0 Å². The molecule has 0 aliphatic heterocycles. The van der Waals surface area contributed by atoms with Crippen LogP contribution in [0.5, 0.6) is 5.75 Å². The number of hydrazone groups is 1. The van der Waals surface area contributed by atoms with Gasteiger partial charge in [-0.05, 0) is 67.1 Å². The minimum absolute atomic E-state index is 0.0259. The summed E-state index contributed by atoms with van der Waals surface area (Å²) in [5.74, 6) is -1.82. The molecule has 0 spiro atoms. The van der Waals surface area contributed by atoms with Crippen LogP contribution in [0.4, 0.5) is 10.1 Å². The second-order valence-corrected chi connectivity index (χ2v) is 7.96. The summed E-state index contributed by atoms with van der Waals surface area (Å²) in [6, 6.07) is 15.6. The number of hydrogen-bond donors (Lipinski definition) is 2. The highest BCUT2D eigenvalue weighted by atomic mass is 35.5. The van der Waals surface area contributed by atoms with E-state index in [4.69, 9.17) is 39.5 Å². The fourth-order valence-corrected chi connectivity index (χ4v) is 3.15. The Morgan fingerprint density at radius 1 is 0.939 bits per heavy atom. The SMILES string of the molecule is CC(=NNC(=O)C(=O)Nc1ccc(Cl)c(Cl)c1)c1ccc(OCc2c(F)cccc2Cl)cc1. The zero-order chi connectivity index (χ0) is 24.0. The van der Waals surface area contributed by atoms with Crippen LogP contribution in [0, 0.1) is 5.82 Å². The topological polar surface area (TPSA) is 79.8 Å². The van der Waals surface area contributed by atoms with Gasteiger partial charge in [0.15, 0.2) is 0 Å². The monoisotopic (exact) mass is 507 g/mol. The molecule has 170 valence electrons. The van der Waals surface area contributed by atoms with Crippen molar-refractivity contribution in [3.05, 3.63) is 92.7 Å². The number of halogens is 4. The van der Waals surface area contributed by atoms with Gasteiger partial charge in [0.25, 0.3) is 0 Å². The molecule has 0 aromatic heterocycles. The molecule has 3 rings (SSSR count). The summed E-state index contributed by atoms with van der Waals surface area (Å²) < 4.78 is 19.4. The summed E-state index contributed by atoms with van der Waals surface area (Å²) in [5, 5.41) is 7.19. The molecule has 0 unspecified atom stereocenters. The Bertz CT molecular complexity index is 1200. The quantitative estimate of drug-likeness (QED) is 0.249. The van der Waals surface area contributed by atoms with Gasteiger partial charge in [-0.3, -0.25) is 9.59 Å². The molecule has 0 fully saturated rings. The maximum Gasteiger partial charge on any atom is 0.329 e. The number of anilines is 1. The van der Waals surface area contributed by atoms with Crippen LogP contribution in [-0.4, -0.2) is 17.5 Å². The van der Waals surface area contributed by atoms with Crippen LogP contribution in [0.25, 0.3) is 0 Å². The molecule has 2 N–H and O–H groups in total. The molecule has 33 heavy (non-hydrogen) atoms. The Morgan fingerprint density at radius 3 is 2.33 bits per heavy atom. The number of rotatable bonds is 6. The van der Waals surface area contributed by atoms with Gasteiger partial charge >= 0.3 is 11.8 Å². The van der Waals surface area contributed by atoms with E-state index < -0.39 is 17.6 Å². The molecular weight excluding hydrogens is 492 g/mol. The van der Waals surface area contributed by atoms with E-state index in [1.165, 1.54) is 30.3 Å². The van der Waals surface area contributed by atoms with Gasteiger partial charge in [-0.2, -0.15) is 5.10 Å². The van der Waals surface area contributed by atoms with Crippen molar-refractivity contribution in [1.29, 1.82) is 0 Å². The molecule has 0 heterocycles. The van der Waals surface area contributed by atoms with Crippen LogP contribution >= 0.6 is 34.8 Å². The van der Waals surface area contributed by atoms with E-state index in [1.54, 1.807) is 37.3 Å². The number of carbonyl (C=O) groups is 2. The molecule has 0 atom stereocenters. The van der Waals surface area contributed by atoms with Gasteiger partial charge in [0, 0.05) is 11.3 Å². The Balaban J connectivity index is 1.56. The molecule has 3 aromatic rings. The van der Waals surface area contributed by atoms with Crippen LogP contribution in [0.3, 0.4) is 0 Å². The van der Waals surface area contributed by atoms with E-state index in [0.717, 1.165) is 0 Å². The van der Waals surface area contributed by atoms with Crippen molar-refractivity contribution in [1.82, 2.24) is 5.43 Å². The lowest BCUT2D eigenvalue weighted by molar-refractivity contribution is -0.136. The Morgan fingerprint density at radius 2 is 1.67 bits per heavy atom. The highest BCUT2D eigenvalue weighted by Gasteiger charge is 2.14. The summed E-state index contributed by atoms with van der Waals surface area (Å²) in [4.78, 5) is 24.0. The number of nitrogens with one attached hydrogen (secondary N) is 2. The normalized spacial score (nSPS) is 11.1. The second kappa shape index (κ2) is 11.1. The van der Waals surface area contributed by atoms with Gasteiger partial charge < -0.3 is 10.1 Å². The first-order valence-corrected chi connectivity index (χ1v) is 10.6. The average Bonchev–Trinajstić information content (AvgIpc) is 2.79. The summed E-state index contributed by atoms with van der Waals surface area (Å²) in [6.07, 6.45) is 0. The largest absolute Gasteiger partial charge is 0.489 e. The van der Waals surface area contributed by atoms with Crippen molar-refractivity contribution in [3.63, 3.8) is 0 Å². The van der Waals surface area contributed by atoms with Gasteiger partial charge in [-0.15, -0.1) is 0 Å². The minimum atomic E-state index is -0.956. The molecule has 10 heteroatoms. The first-order valence-electron chi connectivity index (χ1n) is 9.51. The van der Waals surface area contributed by atoms with E-state index in [2.05, 4.69) is 15.8 Å². The van der Waals surface area contributed by atoms with E-state index in [0.29, 0.717) is 27.7 Å². The standard InChI is InChI=1S/C23H17Cl3FN3O3/c1-13(29-30-23(32)22(31)28-15-7-10-19(25)20(26)11-15)14-5-8-16(9-6-14)33-12-17-18(24)3-2-4-21(17)27/h2-11H,12H2,1H3,(H,28,31)(H,30,32). The number of nitrogens with zero attached hydrogens (tertiary/aromatic N) is 1. The number of ether oxygens (including phenoxy) is 1. The predicted molar refractivity (Wildman–Crippen MR) is 128 cm³/mol. The molecule has 0 saturated heterocycles. The third kappa shape index (κ3) is 6.68.